The van der Waals surface area contributed by atoms with Crippen molar-refractivity contribution in [2.75, 3.05) is 0 Å². The van der Waals surface area contributed by atoms with Crippen molar-refractivity contribution < 1.29 is 8.81 Å². The fourth-order valence-corrected chi connectivity index (χ4v) is 1.57. The number of nitrogens with zero attached hydrogens (tertiary/aromatic N) is 1. The van der Waals surface area contributed by atoms with Gasteiger partial charge in [0.05, 0.1) is 0 Å². The molecule has 14 heavy (non-hydrogen) atoms. The topological polar surface area (TPSA) is 26.0 Å². The van der Waals surface area contributed by atoms with E-state index < -0.39 is 0 Å². The first-order chi connectivity index (χ1) is 6.59. The van der Waals surface area contributed by atoms with Gasteiger partial charge in [0, 0.05) is 6.92 Å². The number of rotatable bonds is 1. The Hall–Kier alpha value is -1.38. The van der Waals surface area contributed by atoms with E-state index in [-0.39, 0.29) is 11.4 Å². The molecule has 0 saturated heterocycles. The van der Waals surface area contributed by atoms with E-state index >= 15 is 0 Å². The Labute approximate surface area is 81.8 Å². The third-order valence-corrected chi connectivity index (χ3v) is 2.26. The van der Waals surface area contributed by atoms with Gasteiger partial charge in [-0.15, -0.1) is 0 Å². The van der Waals surface area contributed by atoms with Crippen molar-refractivity contribution in [1.29, 1.82) is 0 Å². The standard InChI is InChI=1S/C11H12FNO/c1-6(2)8-4-5-9(12)11-10(8)13-7(3)14-11/h4-6H,1-3H3. The summed E-state index contributed by atoms with van der Waals surface area (Å²) in [7, 11) is 0. The summed E-state index contributed by atoms with van der Waals surface area (Å²) in [6.07, 6.45) is 0. The lowest BCUT2D eigenvalue weighted by molar-refractivity contribution is 0.528. The summed E-state index contributed by atoms with van der Waals surface area (Å²) in [5, 5.41) is 0. The van der Waals surface area contributed by atoms with Gasteiger partial charge in [0.2, 0.25) is 0 Å². The molecule has 0 N–H and O–H groups in total. The number of hydrogen-bond donors (Lipinski definition) is 0. The molecule has 0 amide bonds. The SMILES string of the molecule is Cc1nc2c(C(C)C)ccc(F)c2o1. The maximum atomic E-state index is 13.3. The molecular formula is C11H12FNO. The van der Waals surface area contributed by atoms with Crippen LogP contribution in [0, 0.1) is 12.7 Å². The van der Waals surface area contributed by atoms with Gasteiger partial charge in [-0.2, -0.15) is 0 Å². The van der Waals surface area contributed by atoms with Gasteiger partial charge < -0.3 is 4.42 Å². The molecule has 0 bridgehead atoms. The second-order valence-electron chi connectivity index (χ2n) is 3.70. The summed E-state index contributed by atoms with van der Waals surface area (Å²) in [6, 6.07) is 3.20. The van der Waals surface area contributed by atoms with Crippen LogP contribution < -0.4 is 0 Å². The van der Waals surface area contributed by atoms with Crippen molar-refractivity contribution in [2.45, 2.75) is 26.7 Å². The van der Waals surface area contributed by atoms with Crippen molar-refractivity contribution in [3.63, 3.8) is 0 Å². The molecule has 1 aromatic heterocycles. The average molecular weight is 193 g/mol. The number of aromatic nitrogens is 1. The highest BCUT2D eigenvalue weighted by Crippen LogP contribution is 2.27. The van der Waals surface area contributed by atoms with Gasteiger partial charge in [-0.1, -0.05) is 19.9 Å². The van der Waals surface area contributed by atoms with Gasteiger partial charge in [0.1, 0.15) is 5.52 Å². The lowest BCUT2D eigenvalue weighted by Gasteiger charge is -2.04. The van der Waals surface area contributed by atoms with Crippen LogP contribution in [0.5, 0.6) is 0 Å². The highest BCUT2D eigenvalue weighted by atomic mass is 19.1. The number of halogens is 1. The minimum atomic E-state index is -0.343. The van der Waals surface area contributed by atoms with Crippen molar-refractivity contribution >= 4 is 11.1 Å². The van der Waals surface area contributed by atoms with Crippen LogP contribution >= 0.6 is 0 Å². The first-order valence-corrected chi connectivity index (χ1v) is 4.65. The van der Waals surface area contributed by atoms with Crippen LogP contribution in [-0.4, -0.2) is 4.98 Å². The summed E-state index contributed by atoms with van der Waals surface area (Å²) < 4.78 is 18.5. The molecular weight excluding hydrogens is 181 g/mol. The summed E-state index contributed by atoms with van der Waals surface area (Å²) in [4.78, 5) is 4.19. The van der Waals surface area contributed by atoms with Gasteiger partial charge in [-0.05, 0) is 17.5 Å². The Morgan fingerprint density at radius 2 is 2.07 bits per heavy atom. The molecule has 0 aliphatic heterocycles. The lowest BCUT2D eigenvalue weighted by Crippen LogP contribution is -1.90. The quantitative estimate of drug-likeness (QED) is 0.693. The van der Waals surface area contributed by atoms with Gasteiger partial charge in [0.25, 0.3) is 0 Å². The van der Waals surface area contributed by atoms with E-state index in [1.165, 1.54) is 6.07 Å². The predicted octanol–water partition coefficient (Wildman–Crippen LogP) is 3.40. The summed E-state index contributed by atoms with van der Waals surface area (Å²) in [5.41, 5.74) is 1.95. The lowest BCUT2D eigenvalue weighted by atomic mass is 10.0. The van der Waals surface area contributed by atoms with Crippen LogP contribution in [0.2, 0.25) is 0 Å². The molecule has 0 spiro atoms. The minimum Gasteiger partial charge on any atom is -0.438 e. The smallest absolute Gasteiger partial charge is 0.192 e. The maximum Gasteiger partial charge on any atom is 0.192 e. The number of fused-ring (bicyclic) bond motifs is 1. The van der Waals surface area contributed by atoms with E-state index in [4.69, 9.17) is 4.42 Å². The fraction of sp³-hybridized carbons (Fsp3) is 0.364. The largest absolute Gasteiger partial charge is 0.438 e. The second kappa shape index (κ2) is 3.08. The van der Waals surface area contributed by atoms with Gasteiger partial charge in [-0.3, -0.25) is 0 Å². The van der Waals surface area contributed by atoms with Crippen molar-refractivity contribution in [1.82, 2.24) is 4.98 Å². The molecule has 1 aromatic carbocycles. The molecule has 0 unspecified atom stereocenters. The Balaban J connectivity index is 2.81. The van der Waals surface area contributed by atoms with Crippen LogP contribution in [0.15, 0.2) is 16.5 Å². The molecule has 0 saturated carbocycles. The molecule has 0 aliphatic carbocycles. The molecule has 1 heterocycles. The zero-order valence-electron chi connectivity index (χ0n) is 8.47. The molecule has 0 radical (unpaired) electrons. The van der Waals surface area contributed by atoms with Crippen LogP contribution in [-0.2, 0) is 0 Å². The normalized spacial score (nSPS) is 11.5. The third kappa shape index (κ3) is 1.29. The Morgan fingerprint density at radius 3 is 2.71 bits per heavy atom. The van der Waals surface area contributed by atoms with Crippen LogP contribution in [0.4, 0.5) is 4.39 Å². The molecule has 2 rings (SSSR count). The minimum absolute atomic E-state index is 0.272. The first-order valence-electron chi connectivity index (χ1n) is 4.65. The summed E-state index contributed by atoms with van der Waals surface area (Å²) in [6.45, 7) is 5.83. The van der Waals surface area contributed by atoms with E-state index in [0.717, 1.165) is 5.56 Å². The average Bonchev–Trinajstić information content (AvgIpc) is 2.47. The van der Waals surface area contributed by atoms with Crippen molar-refractivity contribution in [3.8, 4) is 0 Å². The Kier molecular flexibility index (Phi) is 2.02. The molecule has 74 valence electrons. The van der Waals surface area contributed by atoms with Crippen molar-refractivity contribution in [2.24, 2.45) is 0 Å². The number of hydrogen-bond acceptors (Lipinski definition) is 2. The van der Waals surface area contributed by atoms with Crippen LogP contribution in [0.25, 0.3) is 11.1 Å². The van der Waals surface area contributed by atoms with E-state index in [1.54, 1.807) is 13.0 Å². The highest BCUT2D eigenvalue weighted by Gasteiger charge is 2.13. The fourth-order valence-electron chi connectivity index (χ4n) is 1.57. The number of oxazole rings is 1. The molecule has 0 fully saturated rings. The molecule has 0 aliphatic rings. The number of aryl methyl sites for hydroxylation is 1. The van der Waals surface area contributed by atoms with Crippen LogP contribution in [0.3, 0.4) is 0 Å². The number of benzene rings is 1. The Bertz CT molecular complexity index is 473. The zero-order valence-corrected chi connectivity index (χ0v) is 8.47. The molecule has 2 nitrogen and oxygen atoms in total. The zero-order chi connectivity index (χ0) is 10.3. The second-order valence-corrected chi connectivity index (χ2v) is 3.70. The highest BCUT2D eigenvalue weighted by molar-refractivity contribution is 5.77. The van der Waals surface area contributed by atoms with E-state index in [2.05, 4.69) is 18.8 Å². The molecule has 0 atom stereocenters. The van der Waals surface area contributed by atoms with E-state index in [1.807, 2.05) is 0 Å². The maximum absolute atomic E-state index is 13.3. The predicted molar refractivity (Wildman–Crippen MR) is 52.8 cm³/mol. The van der Waals surface area contributed by atoms with E-state index in [9.17, 15) is 4.39 Å². The van der Waals surface area contributed by atoms with E-state index in [0.29, 0.717) is 17.3 Å². The third-order valence-electron chi connectivity index (χ3n) is 2.26. The van der Waals surface area contributed by atoms with Crippen molar-refractivity contribution in [3.05, 3.63) is 29.4 Å². The summed E-state index contributed by atoms with van der Waals surface area (Å²) >= 11 is 0. The monoisotopic (exact) mass is 193 g/mol. The molecule has 3 heteroatoms. The van der Waals surface area contributed by atoms with Crippen LogP contribution in [0.1, 0.15) is 31.2 Å². The molecule has 2 aromatic rings. The van der Waals surface area contributed by atoms with Gasteiger partial charge in [-0.25, -0.2) is 9.37 Å². The van der Waals surface area contributed by atoms with Gasteiger partial charge in [0.15, 0.2) is 17.3 Å². The first kappa shape index (κ1) is 9.19. The van der Waals surface area contributed by atoms with Gasteiger partial charge >= 0.3 is 0 Å². The summed E-state index contributed by atoms with van der Waals surface area (Å²) in [5.74, 6) is 0.486. The Morgan fingerprint density at radius 1 is 1.36 bits per heavy atom.